The predicted molar refractivity (Wildman–Crippen MR) is 71.1 cm³/mol. The van der Waals surface area contributed by atoms with Crippen LogP contribution in [0.2, 0.25) is 0 Å². The number of halogens is 1. The first-order valence-electron chi connectivity index (χ1n) is 5.64. The number of hydrogen-bond donors (Lipinski definition) is 1. The molecule has 0 spiro atoms. The summed E-state index contributed by atoms with van der Waals surface area (Å²) < 4.78 is 13.0. The second kappa shape index (κ2) is 5.42. The van der Waals surface area contributed by atoms with Gasteiger partial charge in [-0.25, -0.2) is 4.39 Å². The van der Waals surface area contributed by atoms with Gasteiger partial charge in [0.25, 0.3) is 0 Å². The van der Waals surface area contributed by atoms with Crippen LogP contribution in [0.5, 0.6) is 0 Å². The highest BCUT2D eigenvalue weighted by Gasteiger charge is 2.17. The molecule has 1 atom stereocenters. The average Bonchev–Trinajstić information content (AvgIpc) is 2.85. The van der Waals surface area contributed by atoms with E-state index >= 15 is 0 Å². The number of nitrogens with two attached hydrogens (primary N) is 1. The van der Waals surface area contributed by atoms with Gasteiger partial charge >= 0.3 is 0 Å². The Hall–Kier alpha value is -1.52. The SMILES string of the molecule is Cc1cc(F)ccc1CC(=O)C(N)c1cccs1. The first-order valence-corrected chi connectivity index (χ1v) is 6.52. The Labute approximate surface area is 109 Å². The van der Waals surface area contributed by atoms with Crippen LogP contribution >= 0.6 is 11.3 Å². The lowest BCUT2D eigenvalue weighted by molar-refractivity contribution is -0.119. The number of carbonyl (C=O) groups excluding carboxylic acids is 1. The molecule has 1 aromatic carbocycles. The molecule has 2 aromatic rings. The third-order valence-corrected chi connectivity index (χ3v) is 3.82. The minimum absolute atomic E-state index is 0.0489. The van der Waals surface area contributed by atoms with E-state index < -0.39 is 6.04 Å². The third-order valence-electron chi connectivity index (χ3n) is 2.87. The van der Waals surface area contributed by atoms with Crippen molar-refractivity contribution in [3.63, 3.8) is 0 Å². The molecule has 94 valence electrons. The first-order chi connectivity index (χ1) is 8.58. The zero-order chi connectivity index (χ0) is 13.1. The maximum Gasteiger partial charge on any atom is 0.159 e. The zero-order valence-electron chi connectivity index (χ0n) is 10.0. The van der Waals surface area contributed by atoms with Gasteiger partial charge in [-0.3, -0.25) is 4.79 Å². The van der Waals surface area contributed by atoms with Gasteiger partial charge in [0.1, 0.15) is 5.82 Å². The van der Waals surface area contributed by atoms with E-state index in [0.29, 0.717) is 0 Å². The van der Waals surface area contributed by atoms with Crippen LogP contribution in [-0.4, -0.2) is 5.78 Å². The Bertz CT molecular complexity index is 551. The van der Waals surface area contributed by atoms with E-state index in [2.05, 4.69) is 0 Å². The molecular weight excluding hydrogens is 249 g/mol. The minimum Gasteiger partial charge on any atom is -0.317 e. The number of ketones is 1. The summed E-state index contributed by atoms with van der Waals surface area (Å²) in [5, 5.41) is 1.89. The van der Waals surface area contributed by atoms with Crippen LogP contribution in [0.1, 0.15) is 22.0 Å². The molecule has 1 aromatic heterocycles. The molecule has 1 unspecified atom stereocenters. The maximum atomic E-state index is 13.0. The highest BCUT2D eigenvalue weighted by molar-refractivity contribution is 7.10. The molecule has 0 saturated heterocycles. The average molecular weight is 263 g/mol. The number of thiophene rings is 1. The maximum absolute atomic E-state index is 13.0. The quantitative estimate of drug-likeness (QED) is 0.921. The van der Waals surface area contributed by atoms with Crippen LogP contribution in [0, 0.1) is 12.7 Å². The largest absolute Gasteiger partial charge is 0.317 e. The van der Waals surface area contributed by atoms with Crippen LogP contribution in [0.4, 0.5) is 4.39 Å². The molecule has 0 aliphatic heterocycles. The summed E-state index contributed by atoms with van der Waals surface area (Å²) in [4.78, 5) is 12.9. The van der Waals surface area contributed by atoms with Crippen LogP contribution in [-0.2, 0) is 11.2 Å². The van der Waals surface area contributed by atoms with Gasteiger partial charge in [-0.05, 0) is 41.6 Å². The van der Waals surface area contributed by atoms with Crippen LogP contribution < -0.4 is 5.73 Å². The molecule has 0 aliphatic rings. The number of rotatable bonds is 4. The molecule has 0 bridgehead atoms. The summed E-state index contributed by atoms with van der Waals surface area (Å²) in [7, 11) is 0. The van der Waals surface area contributed by atoms with Crippen molar-refractivity contribution in [3.8, 4) is 0 Å². The van der Waals surface area contributed by atoms with Crippen LogP contribution in [0.3, 0.4) is 0 Å². The highest BCUT2D eigenvalue weighted by atomic mass is 32.1. The van der Waals surface area contributed by atoms with Gasteiger partial charge in [-0.1, -0.05) is 12.1 Å². The number of aryl methyl sites for hydroxylation is 1. The summed E-state index contributed by atoms with van der Waals surface area (Å²) in [5.74, 6) is -0.335. The smallest absolute Gasteiger partial charge is 0.159 e. The van der Waals surface area contributed by atoms with Crippen molar-refractivity contribution in [3.05, 3.63) is 57.5 Å². The van der Waals surface area contributed by atoms with Gasteiger partial charge in [-0.2, -0.15) is 0 Å². The Morgan fingerprint density at radius 1 is 1.44 bits per heavy atom. The molecular formula is C14H14FNOS. The first kappa shape index (κ1) is 12.9. The van der Waals surface area contributed by atoms with E-state index in [-0.39, 0.29) is 18.0 Å². The van der Waals surface area contributed by atoms with Crippen molar-refractivity contribution in [2.24, 2.45) is 5.73 Å². The lowest BCUT2D eigenvalue weighted by Gasteiger charge is -2.10. The normalized spacial score (nSPS) is 12.4. The topological polar surface area (TPSA) is 43.1 Å². The molecule has 2 N–H and O–H groups in total. The van der Waals surface area contributed by atoms with Crippen molar-refractivity contribution in [2.75, 3.05) is 0 Å². The Kier molecular flexibility index (Phi) is 3.89. The van der Waals surface area contributed by atoms with E-state index in [4.69, 9.17) is 5.73 Å². The third kappa shape index (κ3) is 2.83. The lowest BCUT2D eigenvalue weighted by atomic mass is 9.99. The number of benzene rings is 1. The molecule has 1 heterocycles. The Balaban J connectivity index is 2.12. The van der Waals surface area contributed by atoms with Crippen molar-refractivity contribution in [2.45, 2.75) is 19.4 Å². The summed E-state index contributed by atoms with van der Waals surface area (Å²) in [6.45, 7) is 1.79. The van der Waals surface area contributed by atoms with Gasteiger partial charge in [-0.15, -0.1) is 11.3 Å². The molecule has 4 heteroatoms. The number of Topliss-reactive ketones (excluding diaryl/α,β-unsaturated/α-hetero) is 1. The number of carbonyl (C=O) groups is 1. The summed E-state index contributed by atoms with van der Waals surface area (Å²) in [5.41, 5.74) is 7.50. The van der Waals surface area contributed by atoms with E-state index in [1.807, 2.05) is 17.5 Å². The van der Waals surface area contributed by atoms with E-state index in [1.54, 1.807) is 13.0 Å². The Morgan fingerprint density at radius 2 is 2.22 bits per heavy atom. The van der Waals surface area contributed by atoms with Crippen molar-refractivity contribution in [1.82, 2.24) is 0 Å². The van der Waals surface area contributed by atoms with E-state index in [9.17, 15) is 9.18 Å². The van der Waals surface area contributed by atoms with Crippen molar-refractivity contribution in [1.29, 1.82) is 0 Å². The van der Waals surface area contributed by atoms with Crippen molar-refractivity contribution < 1.29 is 9.18 Å². The van der Waals surface area contributed by atoms with E-state index in [1.165, 1.54) is 23.5 Å². The molecule has 0 amide bonds. The lowest BCUT2D eigenvalue weighted by Crippen LogP contribution is -2.22. The predicted octanol–water partition coefficient (Wildman–Crippen LogP) is 3.01. The fraction of sp³-hybridized carbons (Fsp3) is 0.214. The fourth-order valence-corrected chi connectivity index (χ4v) is 2.53. The Morgan fingerprint density at radius 3 is 2.83 bits per heavy atom. The van der Waals surface area contributed by atoms with E-state index in [0.717, 1.165) is 16.0 Å². The molecule has 2 nitrogen and oxygen atoms in total. The standard InChI is InChI=1S/C14H14FNOS/c1-9-7-11(15)5-4-10(9)8-12(17)14(16)13-3-2-6-18-13/h2-7,14H,8,16H2,1H3. The molecule has 0 aliphatic carbocycles. The van der Waals surface area contributed by atoms with Gasteiger partial charge < -0.3 is 5.73 Å². The minimum atomic E-state index is -0.588. The zero-order valence-corrected chi connectivity index (χ0v) is 10.8. The molecule has 0 saturated carbocycles. The monoisotopic (exact) mass is 263 g/mol. The number of hydrogen-bond acceptors (Lipinski definition) is 3. The van der Waals surface area contributed by atoms with Gasteiger partial charge in [0.15, 0.2) is 5.78 Å². The molecule has 0 fully saturated rings. The van der Waals surface area contributed by atoms with Gasteiger partial charge in [0.2, 0.25) is 0 Å². The molecule has 0 radical (unpaired) electrons. The second-order valence-electron chi connectivity index (χ2n) is 4.21. The summed E-state index contributed by atoms with van der Waals surface area (Å²) in [6.07, 6.45) is 0.241. The second-order valence-corrected chi connectivity index (χ2v) is 5.19. The summed E-state index contributed by atoms with van der Waals surface area (Å²) >= 11 is 1.47. The van der Waals surface area contributed by atoms with Gasteiger partial charge in [0, 0.05) is 11.3 Å². The summed E-state index contributed by atoms with van der Waals surface area (Å²) in [6, 6.07) is 7.57. The fourth-order valence-electron chi connectivity index (χ4n) is 1.78. The highest BCUT2D eigenvalue weighted by Crippen LogP contribution is 2.20. The molecule has 18 heavy (non-hydrogen) atoms. The van der Waals surface area contributed by atoms with Crippen LogP contribution in [0.15, 0.2) is 35.7 Å². The molecule has 2 rings (SSSR count). The van der Waals surface area contributed by atoms with Crippen LogP contribution in [0.25, 0.3) is 0 Å². The van der Waals surface area contributed by atoms with Gasteiger partial charge in [0.05, 0.1) is 6.04 Å². The van der Waals surface area contributed by atoms with Crippen molar-refractivity contribution >= 4 is 17.1 Å².